The van der Waals surface area contributed by atoms with Crippen LogP contribution in [0.3, 0.4) is 0 Å². The summed E-state index contributed by atoms with van der Waals surface area (Å²) in [5, 5.41) is 6.77. The molecule has 8 nitrogen and oxygen atoms in total. The number of nitrogens with zero attached hydrogens (tertiary/aromatic N) is 2. The first-order chi connectivity index (χ1) is 21.2. The van der Waals surface area contributed by atoms with Crippen LogP contribution in [0.1, 0.15) is 44.0 Å². The van der Waals surface area contributed by atoms with Crippen molar-refractivity contribution in [2.24, 2.45) is 0 Å². The fourth-order valence-electron chi connectivity index (χ4n) is 4.01. The Kier molecular flexibility index (Phi) is 11.4. The standard InChI is InChI=1S/C28H23F7N4O4.C2H6/c1-2-39-12-10-22(38-39)20-15-23(19-9-8-18(14-21(19)29)42-13-3-11-27(30,31)32)37-26(41)24(20)25(40)36-16-4-6-17(7-5-16)43-28(33,34)35;1-2/h4-10,12,14-15H,2-3,11,13H2,1H3,(H,36,40)(H,37,41);1-2H3. The number of amides is 1. The lowest BCUT2D eigenvalue weighted by atomic mass is 10.0. The Bertz CT molecular complexity index is 1650. The molecule has 1 amide bonds. The minimum atomic E-state index is -4.90. The minimum absolute atomic E-state index is 0.0182. The number of hydrogen-bond donors (Lipinski definition) is 2. The molecule has 0 aliphatic carbocycles. The number of aromatic nitrogens is 3. The van der Waals surface area contributed by atoms with Crippen molar-refractivity contribution >= 4 is 11.6 Å². The molecule has 2 N–H and O–H groups in total. The van der Waals surface area contributed by atoms with E-state index in [0.29, 0.717) is 6.54 Å². The Morgan fingerprint density at radius 2 is 1.62 bits per heavy atom. The van der Waals surface area contributed by atoms with Crippen molar-refractivity contribution in [2.75, 3.05) is 11.9 Å². The third-order valence-corrected chi connectivity index (χ3v) is 5.95. The SMILES string of the molecule is CC.CCn1ccc(-c2cc(-c3ccc(OCCCC(F)(F)F)cc3F)[nH]c(=O)c2C(=O)Nc2ccc(OC(F)(F)F)cc2)n1. The minimum Gasteiger partial charge on any atom is -0.493 e. The number of carbonyl (C=O) groups is 1. The van der Waals surface area contributed by atoms with E-state index >= 15 is 4.39 Å². The van der Waals surface area contributed by atoms with Gasteiger partial charge in [0.2, 0.25) is 0 Å². The van der Waals surface area contributed by atoms with Crippen molar-refractivity contribution in [3.63, 3.8) is 0 Å². The van der Waals surface area contributed by atoms with E-state index in [0.717, 1.165) is 30.3 Å². The van der Waals surface area contributed by atoms with Crippen molar-refractivity contribution in [1.29, 1.82) is 0 Å². The molecule has 45 heavy (non-hydrogen) atoms. The molecule has 2 aromatic heterocycles. The predicted octanol–water partition coefficient (Wildman–Crippen LogP) is 7.96. The third kappa shape index (κ3) is 9.84. The summed E-state index contributed by atoms with van der Waals surface area (Å²) in [5.74, 6) is -2.30. The molecular formula is C30H29F7N4O4. The molecule has 0 atom stereocenters. The second kappa shape index (κ2) is 14.8. The number of carbonyl (C=O) groups excluding carboxylic acids is 1. The van der Waals surface area contributed by atoms with Crippen molar-refractivity contribution in [1.82, 2.24) is 14.8 Å². The van der Waals surface area contributed by atoms with Gasteiger partial charge in [-0.2, -0.15) is 18.3 Å². The maximum atomic E-state index is 15.1. The Hall–Kier alpha value is -4.82. The van der Waals surface area contributed by atoms with Gasteiger partial charge in [-0.05, 0) is 61.9 Å². The van der Waals surface area contributed by atoms with Crippen molar-refractivity contribution in [3.8, 4) is 34.0 Å². The van der Waals surface area contributed by atoms with E-state index in [1.807, 2.05) is 20.8 Å². The summed E-state index contributed by atoms with van der Waals surface area (Å²) < 4.78 is 100.0. The fourth-order valence-corrected chi connectivity index (χ4v) is 4.01. The number of pyridine rings is 1. The predicted molar refractivity (Wildman–Crippen MR) is 153 cm³/mol. The quantitative estimate of drug-likeness (QED) is 0.135. The van der Waals surface area contributed by atoms with E-state index < -0.39 is 47.6 Å². The van der Waals surface area contributed by atoms with E-state index in [1.165, 1.54) is 28.9 Å². The Morgan fingerprint density at radius 1 is 0.956 bits per heavy atom. The number of anilines is 1. The number of hydrogen-bond acceptors (Lipinski definition) is 5. The van der Waals surface area contributed by atoms with Gasteiger partial charge in [0.05, 0.1) is 18.0 Å². The zero-order valence-corrected chi connectivity index (χ0v) is 24.3. The number of benzene rings is 2. The zero-order chi connectivity index (χ0) is 33.4. The molecule has 0 spiro atoms. The van der Waals surface area contributed by atoms with E-state index in [2.05, 4.69) is 20.1 Å². The van der Waals surface area contributed by atoms with E-state index in [4.69, 9.17) is 4.74 Å². The van der Waals surface area contributed by atoms with Gasteiger partial charge in [-0.3, -0.25) is 14.3 Å². The zero-order valence-electron chi connectivity index (χ0n) is 24.3. The number of H-pyrrole nitrogens is 1. The first-order valence-corrected chi connectivity index (χ1v) is 13.7. The lowest BCUT2D eigenvalue weighted by Gasteiger charge is -2.13. The second-order valence-corrected chi connectivity index (χ2v) is 9.09. The van der Waals surface area contributed by atoms with Crippen molar-refractivity contribution in [3.05, 3.63) is 82.5 Å². The number of aromatic amines is 1. The molecule has 2 heterocycles. The smallest absolute Gasteiger partial charge is 0.493 e. The maximum absolute atomic E-state index is 15.1. The Morgan fingerprint density at radius 3 is 2.20 bits per heavy atom. The lowest BCUT2D eigenvalue weighted by Crippen LogP contribution is -2.25. The highest BCUT2D eigenvalue weighted by Crippen LogP contribution is 2.30. The normalized spacial score (nSPS) is 11.4. The number of alkyl halides is 6. The summed E-state index contributed by atoms with van der Waals surface area (Å²) in [7, 11) is 0. The first kappa shape index (κ1) is 34.7. The number of rotatable bonds is 10. The first-order valence-electron chi connectivity index (χ1n) is 13.7. The van der Waals surface area contributed by atoms with Crippen molar-refractivity contribution < 1.29 is 45.0 Å². The number of halogens is 7. The fraction of sp³-hybridized carbons (Fsp3) is 0.300. The molecule has 0 saturated carbocycles. The molecular weight excluding hydrogens is 613 g/mol. The van der Waals surface area contributed by atoms with E-state index in [1.54, 1.807) is 6.20 Å². The van der Waals surface area contributed by atoms with Gasteiger partial charge in [-0.15, -0.1) is 13.2 Å². The van der Waals surface area contributed by atoms with Gasteiger partial charge in [0.1, 0.15) is 22.9 Å². The highest BCUT2D eigenvalue weighted by Gasteiger charge is 2.31. The number of nitrogens with one attached hydrogen (secondary N) is 2. The monoisotopic (exact) mass is 642 g/mol. The van der Waals surface area contributed by atoms with Gasteiger partial charge in [-0.25, -0.2) is 4.39 Å². The summed E-state index contributed by atoms with van der Waals surface area (Å²) in [5.41, 5.74) is -1.14. The number of ether oxygens (including phenoxy) is 2. The molecule has 0 aliphatic rings. The van der Waals surface area contributed by atoms with Gasteiger partial charge in [0, 0.05) is 42.0 Å². The average molecular weight is 643 g/mol. The Labute approximate surface area is 252 Å². The van der Waals surface area contributed by atoms with E-state index in [9.17, 15) is 35.9 Å². The lowest BCUT2D eigenvalue weighted by molar-refractivity contribution is -0.274. The van der Waals surface area contributed by atoms with Gasteiger partial charge in [-0.1, -0.05) is 13.8 Å². The number of aryl methyl sites for hydroxylation is 1. The second-order valence-electron chi connectivity index (χ2n) is 9.09. The van der Waals surface area contributed by atoms with Crippen LogP contribution in [-0.2, 0) is 6.54 Å². The molecule has 4 aromatic rings. The molecule has 0 saturated heterocycles. The Balaban J connectivity index is 0.00000271. The van der Waals surface area contributed by atoms with Crippen LogP contribution in [0.15, 0.2) is 65.6 Å². The maximum Gasteiger partial charge on any atom is 0.573 e. The van der Waals surface area contributed by atoms with Crippen LogP contribution in [0.4, 0.5) is 36.4 Å². The topological polar surface area (TPSA) is 98.2 Å². The summed E-state index contributed by atoms with van der Waals surface area (Å²) in [6, 6.07) is 10.7. The van der Waals surface area contributed by atoms with Gasteiger partial charge < -0.3 is 19.8 Å². The molecule has 242 valence electrons. The van der Waals surface area contributed by atoms with Crippen LogP contribution >= 0.6 is 0 Å². The molecule has 0 aliphatic heterocycles. The van der Waals surface area contributed by atoms with Crippen LogP contribution in [0.2, 0.25) is 0 Å². The summed E-state index contributed by atoms with van der Waals surface area (Å²) in [6.07, 6.45) is -9.01. The van der Waals surface area contributed by atoms with Crippen LogP contribution in [0, 0.1) is 5.82 Å². The van der Waals surface area contributed by atoms with Crippen LogP contribution < -0.4 is 20.3 Å². The molecule has 2 aromatic carbocycles. The molecule has 4 rings (SSSR count). The van der Waals surface area contributed by atoms with Gasteiger partial charge in [0.15, 0.2) is 0 Å². The largest absolute Gasteiger partial charge is 0.573 e. The molecule has 0 radical (unpaired) electrons. The average Bonchev–Trinajstić information content (AvgIpc) is 3.45. The van der Waals surface area contributed by atoms with Crippen LogP contribution in [0.25, 0.3) is 22.5 Å². The summed E-state index contributed by atoms with van der Waals surface area (Å²) in [4.78, 5) is 28.9. The van der Waals surface area contributed by atoms with Gasteiger partial charge >= 0.3 is 12.5 Å². The molecule has 0 bridgehead atoms. The highest BCUT2D eigenvalue weighted by molar-refractivity contribution is 6.08. The van der Waals surface area contributed by atoms with Crippen molar-refractivity contribution in [2.45, 2.75) is 52.7 Å². The van der Waals surface area contributed by atoms with Crippen LogP contribution in [-0.4, -0.2) is 39.8 Å². The highest BCUT2D eigenvalue weighted by atomic mass is 19.4. The molecule has 15 heteroatoms. The molecule has 0 fully saturated rings. The van der Waals surface area contributed by atoms with Crippen LogP contribution in [0.5, 0.6) is 11.5 Å². The summed E-state index contributed by atoms with van der Waals surface area (Å²) >= 11 is 0. The molecule has 0 unspecified atom stereocenters. The van der Waals surface area contributed by atoms with E-state index in [-0.39, 0.29) is 47.0 Å². The summed E-state index contributed by atoms with van der Waals surface area (Å²) in [6.45, 7) is 5.98. The third-order valence-electron chi connectivity index (χ3n) is 5.95. The van der Waals surface area contributed by atoms with Gasteiger partial charge in [0.25, 0.3) is 11.5 Å².